The summed E-state index contributed by atoms with van der Waals surface area (Å²) in [7, 11) is 0. The smallest absolute Gasteiger partial charge is 0.188 e. The van der Waals surface area contributed by atoms with Crippen LogP contribution in [-0.4, -0.2) is 21.5 Å². The van der Waals surface area contributed by atoms with Crippen molar-refractivity contribution in [3.8, 4) is 6.07 Å². The van der Waals surface area contributed by atoms with Crippen LogP contribution in [-0.2, 0) is 0 Å². The second-order valence-electron chi connectivity index (χ2n) is 4.33. The summed E-state index contributed by atoms with van der Waals surface area (Å²) in [5, 5.41) is 9.33. The minimum Gasteiger partial charge on any atom is -0.293 e. The van der Waals surface area contributed by atoms with Crippen LogP contribution in [0.3, 0.4) is 0 Å². The van der Waals surface area contributed by atoms with Gasteiger partial charge in [0.1, 0.15) is 0 Å². The van der Waals surface area contributed by atoms with E-state index in [-0.39, 0.29) is 11.5 Å². The number of aromatic nitrogens is 2. The van der Waals surface area contributed by atoms with Gasteiger partial charge in [-0.1, -0.05) is 23.9 Å². The van der Waals surface area contributed by atoms with E-state index in [9.17, 15) is 4.79 Å². The van der Waals surface area contributed by atoms with Gasteiger partial charge in [0, 0.05) is 17.0 Å². The third-order valence-corrected chi connectivity index (χ3v) is 3.48. The normalized spacial score (nSPS) is 10.1. The third kappa shape index (κ3) is 3.65. The minimum atomic E-state index is 0.00208. The number of hydrogen-bond donors (Lipinski definition) is 0. The van der Waals surface area contributed by atoms with Crippen LogP contribution in [0.5, 0.6) is 0 Å². The zero-order valence-corrected chi connectivity index (χ0v) is 12.1. The number of rotatable bonds is 4. The average Bonchev–Trinajstić information content (AvgIpc) is 2.44. The molecule has 0 saturated heterocycles. The minimum absolute atomic E-state index is 0.00208. The van der Waals surface area contributed by atoms with Crippen LogP contribution in [0.1, 0.15) is 27.3 Å². The Balaban J connectivity index is 2.02. The Bertz CT molecular complexity index is 654. The number of Topliss-reactive ketones (excluding diaryl/α,β-unsaturated/α-hetero) is 1. The molecule has 1 aromatic heterocycles. The second-order valence-corrected chi connectivity index (χ2v) is 5.28. The highest BCUT2D eigenvalue weighted by molar-refractivity contribution is 7.99. The molecule has 0 atom stereocenters. The highest BCUT2D eigenvalue weighted by Gasteiger charge is 2.08. The lowest BCUT2D eigenvalue weighted by Crippen LogP contribution is -2.03. The van der Waals surface area contributed by atoms with Crippen LogP contribution < -0.4 is 0 Å². The van der Waals surface area contributed by atoms with Crippen LogP contribution >= 0.6 is 11.8 Å². The van der Waals surface area contributed by atoms with Gasteiger partial charge in [-0.25, -0.2) is 9.97 Å². The van der Waals surface area contributed by atoms with Gasteiger partial charge in [0.05, 0.1) is 17.4 Å². The number of aryl methyl sites for hydroxylation is 2. The van der Waals surface area contributed by atoms with E-state index in [1.807, 2.05) is 26.0 Å². The van der Waals surface area contributed by atoms with Crippen LogP contribution in [0.15, 0.2) is 35.5 Å². The zero-order chi connectivity index (χ0) is 14.5. The molecule has 2 aromatic rings. The summed E-state index contributed by atoms with van der Waals surface area (Å²) in [6.45, 7) is 3.81. The molecule has 4 nitrogen and oxygen atoms in total. The van der Waals surface area contributed by atoms with Gasteiger partial charge < -0.3 is 0 Å². The fraction of sp³-hybridized carbons (Fsp3) is 0.200. The molecule has 0 unspecified atom stereocenters. The van der Waals surface area contributed by atoms with E-state index in [0.29, 0.717) is 16.3 Å². The van der Waals surface area contributed by atoms with Gasteiger partial charge in [-0.2, -0.15) is 5.26 Å². The summed E-state index contributed by atoms with van der Waals surface area (Å²) in [6.07, 6.45) is 0. The van der Waals surface area contributed by atoms with Crippen LogP contribution in [0.25, 0.3) is 0 Å². The first-order valence-electron chi connectivity index (χ1n) is 6.07. The lowest BCUT2D eigenvalue weighted by Gasteiger charge is -2.03. The summed E-state index contributed by atoms with van der Waals surface area (Å²) >= 11 is 1.32. The SMILES string of the molecule is Cc1cc(C)nc(SCC(=O)c2ccc(C#N)cc2)n1. The van der Waals surface area contributed by atoms with Crippen molar-refractivity contribution >= 4 is 17.5 Å². The van der Waals surface area contributed by atoms with E-state index < -0.39 is 0 Å². The standard InChI is InChI=1S/C15H13N3OS/c1-10-7-11(2)18-15(17-10)20-9-14(19)13-5-3-12(8-16)4-6-13/h3-7H,9H2,1-2H3. The third-order valence-electron chi connectivity index (χ3n) is 2.63. The topological polar surface area (TPSA) is 66.6 Å². The fourth-order valence-electron chi connectivity index (χ4n) is 1.70. The van der Waals surface area contributed by atoms with Crippen molar-refractivity contribution in [2.24, 2.45) is 0 Å². The summed E-state index contributed by atoms with van der Waals surface area (Å²) in [6, 6.07) is 10.6. The maximum atomic E-state index is 12.0. The molecular formula is C15H13N3OS. The second kappa shape index (κ2) is 6.31. The van der Waals surface area contributed by atoms with Crippen molar-refractivity contribution < 1.29 is 4.79 Å². The molecule has 5 heteroatoms. The number of benzene rings is 1. The lowest BCUT2D eigenvalue weighted by molar-refractivity contribution is 0.102. The maximum Gasteiger partial charge on any atom is 0.188 e. The van der Waals surface area contributed by atoms with E-state index in [1.165, 1.54) is 11.8 Å². The van der Waals surface area contributed by atoms with Crippen molar-refractivity contribution in [2.45, 2.75) is 19.0 Å². The quantitative estimate of drug-likeness (QED) is 0.490. The number of carbonyl (C=O) groups is 1. The Morgan fingerprint density at radius 3 is 2.35 bits per heavy atom. The van der Waals surface area contributed by atoms with Gasteiger partial charge in [-0.15, -0.1) is 0 Å². The maximum absolute atomic E-state index is 12.0. The molecule has 1 heterocycles. The van der Waals surface area contributed by atoms with Crippen molar-refractivity contribution in [2.75, 3.05) is 5.75 Å². The first-order chi connectivity index (χ1) is 9.58. The molecule has 100 valence electrons. The number of thioether (sulfide) groups is 1. The van der Waals surface area contributed by atoms with Gasteiger partial charge in [0.25, 0.3) is 0 Å². The molecule has 0 bridgehead atoms. The van der Waals surface area contributed by atoms with Crippen molar-refractivity contribution in [3.63, 3.8) is 0 Å². The highest BCUT2D eigenvalue weighted by atomic mass is 32.2. The molecular weight excluding hydrogens is 270 g/mol. The Morgan fingerprint density at radius 2 is 1.80 bits per heavy atom. The van der Waals surface area contributed by atoms with E-state index in [4.69, 9.17) is 5.26 Å². The van der Waals surface area contributed by atoms with Gasteiger partial charge >= 0.3 is 0 Å². The molecule has 2 rings (SSSR count). The van der Waals surface area contributed by atoms with E-state index in [2.05, 4.69) is 9.97 Å². The molecule has 1 aromatic carbocycles. The molecule has 0 amide bonds. The van der Waals surface area contributed by atoms with E-state index in [0.717, 1.165) is 11.4 Å². The predicted molar refractivity (Wildman–Crippen MR) is 77.7 cm³/mol. The molecule has 0 spiro atoms. The molecule has 0 aliphatic rings. The summed E-state index contributed by atoms with van der Waals surface area (Å²) < 4.78 is 0. The van der Waals surface area contributed by atoms with Gasteiger partial charge in [0.15, 0.2) is 10.9 Å². The highest BCUT2D eigenvalue weighted by Crippen LogP contribution is 2.16. The van der Waals surface area contributed by atoms with E-state index in [1.54, 1.807) is 24.3 Å². The Morgan fingerprint density at radius 1 is 1.20 bits per heavy atom. The summed E-state index contributed by atoms with van der Waals surface area (Å²) in [5.74, 6) is 0.289. The van der Waals surface area contributed by atoms with Crippen LogP contribution in [0.4, 0.5) is 0 Å². The van der Waals surface area contributed by atoms with Crippen LogP contribution in [0, 0.1) is 25.2 Å². The molecule has 0 saturated carbocycles. The number of carbonyl (C=O) groups excluding carboxylic acids is 1. The molecule has 0 aliphatic heterocycles. The monoisotopic (exact) mass is 283 g/mol. The van der Waals surface area contributed by atoms with Gasteiger partial charge in [-0.3, -0.25) is 4.79 Å². The number of ketones is 1. The van der Waals surface area contributed by atoms with Crippen molar-refractivity contribution in [1.82, 2.24) is 9.97 Å². The Labute approximate surface area is 121 Å². The molecule has 0 aliphatic carbocycles. The lowest BCUT2D eigenvalue weighted by atomic mass is 10.1. The Hall–Kier alpha value is -2.19. The first-order valence-corrected chi connectivity index (χ1v) is 7.05. The molecule has 0 radical (unpaired) electrons. The molecule has 0 fully saturated rings. The fourth-order valence-corrected chi connectivity index (χ4v) is 2.55. The predicted octanol–water partition coefficient (Wildman–Crippen LogP) is 2.94. The largest absolute Gasteiger partial charge is 0.293 e. The number of hydrogen-bond acceptors (Lipinski definition) is 5. The summed E-state index contributed by atoms with van der Waals surface area (Å²) in [5.41, 5.74) is 2.93. The summed E-state index contributed by atoms with van der Waals surface area (Å²) in [4.78, 5) is 20.6. The number of nitrogens with zero attached hydrogens (tertiary/aromatic N) is 3. The number of nitriles is 1. The van der Waals surface area contributed by atoms with E-state index >= 15 is 0 Å². The van der Waals surface area contributed by atoms with Crippen LogP contribution in [0.2, 0.25) is 0 Å². The first kappa shape index (κ1) is 14.2. The Kier molecular flexibility index (Phi) is 4.49. The van der Waals surface area contributed by atoms with Crippen molar-refractivity contribution in [1.29, 1.82) is 5.26 Å². The average molecular weight is 283 g/mol. The molecule has 20 heavy (non-hydrogen) atoms. The van der Waals surface area contributed by atoms with Gasteiger partial charge in [0.2, 0.25) is 0 Å². The molecule has 0 N–H and O–H groups in total. The zero-order valence-electron chi connectivity index (χ0n) is 11.3. The van der Waals surface area contributed by atoms with Crippen molar-refractivity contribution in [3.05, 3.63) is 52.8 Å². The van der Waals surface area contributed by atoms with Gasteiger partial charge in [-0.05, 0) is 32.0 Å².